The molecular formula is C30H37ClFN3O4. The summed E-state index contributed by atoms with van der Waals surface area (Å²) in [4.78, 5) is 41.1. The van der Waals surface area contributed by atoms with Crippen LogP contribution in [0.15, 0.2) is 47.5 Å². The van der Waals surface area contributed by atoms with Gasteiger partial charge in [-0.3, -0.25) is 19.4 Å². The van der Waals surface area contributed by atoms with E-state index < -0.39 is 23.7 Å². The molecule has 0 bridgehead atoms. The Morgan fingerprint density at radius 2 is 1.72 bits per heavy atom. The first kappa shape index (κ1) is 30.3. The summed E-state index contributed by atoms with van der Waals surface area (Å²) in [5.41, 5.74) is 1.41. The predicted molar refractivity (Wildman–Crippen MR) is 151 cm³/mol. The standard InChI is InChI=1S/C30H37ClFN3O4/c1-18(19-5-7-20(8-6-19)28(38)33-16-15-26(36)37)34-29(39)27(24-17-22(31)11-14-25(24)32)35-23-12-9-21(10-13-23)30(2,3)4/h5-8,11,14,17-18,21,23H,9-10,12-13,15-16H2,1-4H3,(H,33,38)(H,34,39)(H,36,37). The molecule has 0 saturated heterocycles. The van der Waals surface area contributed by atoms with Crippen molar-refractivity contribution >= 4 is 35.1 Å². The SMILES string of the molecule is CC(NC(=O)C(=NC1CCC(C(C)(C)C)CC1)c1cc(Cl)ccc1F)c1ccc(C(=O)NCCC(=O)O)cc1. The van der Waals surface area contributed by atoms with Gasteiger partial charge in [0.05, 0.1) is 18.5 Å². The molecule has 1 atom stereocenters. The Bertz CT molecular complexity index is 1220. The molecule has 0 radical (unpaired) electrons. The van der Waals surface area contributed by atoms with Crippen molar-refractivity contribution in [1.29, 1.82) is 0 Å². The fourth-order valence-corrected chi connectivity index (χ4v) is 5.01. The van der Waals surface area contributed by atoms with Gasteiger partial charge in [-0.15, -0.1) is 0 Å². The monoisotopic (exact) mass is 557 g/mol. The van der Waals surface area contributed by atoms with E-state index in [0.29, 0.717) is 16.5 Å². The van der Waals surface area contributed by atoms with Crippen molar-refractivity contribution < 1.29 is 23.9 Å². The van der Waals surface area contributed by atoms with Crippen molar-refractivity contribution in [3.8, 4) is 0 Å². The summed E-state index contributed by atoms with van der Waals surface area (Å²) < 4.78 is 14.9. The van der Waals surface area contributed by atoms with Gasteiger partial charge in [0.25, 0.3) is 11.8 Å². The van der Waals surface area contributed by atoms with Crippen molar-refractivity contribution in [2.75, 3.05) is 6.54 Å². The Morgan fingerprint density at radius 3 is 2.31 bits per heavy atom. The van der Waals surface area contributed by atoms with Gasteiger partial charge in [-0.2, -0.15) is 0 Å². The van der Waals surface area contributed by atoms with Gasteiger partial charge in [0.2, 0.25) is 0 Å². The number of carbonyl (C=O) groups excluding carboxylic acids is 2. The number of rotatable bonds is 9. The third kappa shape index (κ3) is 8.62. The second kappa shape index (κ2) is 13.2. The van der Waals surface area contributed by atoms with E-state index in [9.17, 15) is 18.8 Å². The van der Waals surface area contributed by atoms with Crippen LogP contribution in [0.2, 0.25) is 5.02 Å². The van der Waals surface area contributed by atoms with Crippen molar-refractivity contribution in [2.24, 2.45) is 16.3 Å². The lowest BCUT2D eigenvalue weighted by Gasteiger charge is -2.36. The number of hydrogen-bond donors (Lipinski definition) is 3. The molecule has 2 aromatic rings. The summed E-state index contributed by atoms with van der Waals surface area (Å²) in [6.45, 7) is 8.53. The van der Waals surface area contributed by atoms with Crippen LogP contribution >= 0.6 is 11.6 Å². The van der Waals surface area contributed by atoms with Crippen LogP contribution in [0.4, 0.5) is 4.39 Å². The molecule has 3 rings (SSSR count). The summed E-state index contributed by atoms with van der Waals surface area (Å²) in [5.74, 6) is -1.87. The maximum absolute atomic E-state index is 14.9. The zero-order valence-electron chi connectivity index (χ0n) is 22.9. The van der Waals surface area contributed by atoms with E-state index in [1.54, 1.807) is 31.2 Å². The van der Waals surface area contributed by atoms with E-state index in [1.165, 1.54) is 18.2 Å². The quantitative estimate of drug-likeness (QED) is 0.331. The molecule has 0 heterocycles. The van der Waals surface area contributed by atoms with Crippen LogP contribution in [-0.2, 0) is 9.59 Å². The molecule has 9 heteroatoms. The minimum absolute atomic E-state index is 0.0236. The molecule has 210 valence electrons. The fourth-order valence-electron chi connectivity index (χ4n) is 4.84. The number of amides is 2. The normalized spacial score (nSPS) is 18.8. The number of benzene rings is 2. The summed E-state index contributed by atoms with van der Waals surface area (Å²) in [5, 5.41) is 14.5. The first-order valence-corrected chi connectivity index (χ1v) is 13.7. The van der Waals surface area contributed by atoms with Crippen LogP contribution < -0.4 is 10.6 Å². The maximum atomic E-state index is 14.9. The van der Waals surface area contributed by atoms with Crippen LogP contribution in [0.1, 0.15) is 87.3 Å². The molecule has 1 fully saturated rings. The molecule has 7 nitrogen and oxygen atoms in total. The van der Waals surface area contributed by atoms with Crippen LogP contribution in [-0.4, -0.2) is 41.2 Å². The zero-order chi connectivity index (χ0) is 28.7. The predicted octanol–water partition coefficient (Wildman–Crippen LogP) is 5.96. The zero-order valence-corrected chi connectivity index (χ0v) is 23.6. The van der Waals surface area contributed by atoms with Crippen LogP contribution in [0, 0.1) is 17.2 Å². The minimum Gasteiger partial charge on any atom is -0.481 e. The average Bonchev–Trinajstić information content (AvgIpc) is 2.88. The number of nitrogens with zero attached hydrogens (tertiary/aromatic N) is 1. The summed E-state index contributed by atoms with van der Waals surface area (Å²) in [7, 11) is 0. The van der Waals surface area contributed by atoms with Gasteiger partial charge >= 0.3 is 5.97 Å². The second-order valence-corrected chi connectivity index (χ2v) is 11.6. The van der Waals surface area contributed by atoms with E-state index in [1.807, 2.05) is 0 Å². The topological polar surface area (TPSA) is 108 Å². The number of nitrogens with one attached hydrogen (secondary N) is 2. The van der Waals surface area contributed by atoms with Crippen LogP contribution in [0.5, 0.6) is 0 Å². The van der Waals surface area contributed by atoms with Gasteiger partial charge in [0.15, 0.2) is 0 Å². The molecule has 1 unspecified atom stereocenters. The molecule has 2 amide bonds. The smallest absolute Gasteiger partial charge is 0.305 e. The Balaban J connectivity index is 1.76. The molecule has 1 aliphatic carbocycles. The molecule has 1 aliphatic rings. The highest BCUT2D eigenvalue weighted by Crippen LogP contribution is 2.38. The number of carboxylic acid groups (broad SMARTS) is 1. The Labute approximate surface area is 234 Å². The summed E-state index contributed by atoms with van der Waals surface area (Å²) in [6.07, 6.45) is 3.48. The molecule has 1 saturated carbocycles. The molecular weight excluding hydrogens is 521 g/mol. The van der Waals surface area contributed by atoms with Gasteiger partial charge < -0.3 is 15.7 Å². The number of carbonyl (C=O) groups is 3. The van der Waals surface area contributed by atoms with E-state index >= 15 is 0 Å². The second-order valence-electron chi connectivity index (χ2n) is 11.2. The maximum Gasteiger partial charge on any atom is 0.305 e. The highest BCUT2D eigenvalue weighted by molar-refractivity contribution is 6.46. The molecule has 0 spiro atoms. The molecule has 3 N–H and O–H groups in total. The van der Waals surface area contributed by atoms with Gasteiger partial charge in [-0.25, -0.2) is 4.39 Å². The Morgan fingerprint density at radius 1 is 1.08 bits per heavy atom. The van der Waals surface area contributed by atoms with E-state index in [0.717, 1.165) is 31.2 Å². The Kier molecular flexibility index (Phi) is 10.2. The first-order chi connectivity index (χ1) is 18.3. The molecule has 39 heavy (non-hydrogen) atoms. The highest BCUT2D eigenvalue weighted by atomic mass is 35.5. The van der Waals surface area contributed by atoms with Crippen molar-refractivity contribution in [3.63, 3.8) is 0 Å². The van der Waals surface area contributed by atoms with E-state index in [2.05, 4.69) is 31.4 Å². The summed E-state index contributed by atoms with van der Waals surface area (Å²) >= 11 is 6.15. The van der Waals surface area contributed by atoms with Crippen LogP contribution in [0.25, 0.3) is 0 Å². The lowest BCUT2D eigenvalue weighted by Crippen LogP contribution is -2.36. The summed E-state index contributed by atoms with van der Waals surface area (Å²) in [6, 6.07) is 10.2. The van der Waals surface area contributed by atoms with Crippen molar-refractivity contribution in [1.82, 2.24) is 10.6 Å². The largest absolute Gasteiger partial charge is 0.481 e. The van der Waals surface area contributed by atoms with Gasteiger partial charge in [-0.05, 0) is 79.8 Å². The third-order valence-electron chi connectivity index (χ3n) is 7.28. The van der Waals surface area contributed by atoms with Gasteiger partial charge in [0, 0.05) is 22.7 Å². The number of halogens is 2. The average molecular weight is 558 g/mol. The molecule has 0 aliphatic heterocycles. The fraction of sp³-hybridized carbons (Fsp3) is 0.467. The van der Waals surface area contributed by atoms with Gasteiger partial charge in [-0.1, -0.05) is 44.5 Å². The molecule has 0 aromatic heterocycles. The number of aliphatic carboxylic acids is 1. The minimum atomic E-state index is -0.992. The third-order valence-corrected chi connectivity index (χ3v) is 7.51. The van der Waals surface area contributed by atoms with E-state index in [4.69, 9.17) is 21.7 Å². The first-order valence-electron chi connectivity index (χ1n) is 13.3. The number of aliphatic imine (C=N–C) groups is 1. The van der Waals surface area contributed by atoms with Crippen LogP contribution in [0.3, 0.4) is 0 Å². The highest BCUT2D eigenvalue weighted by Gasteiger charge is 2.31. The molecule has 2 aromatic carbocycles. The lowest BCUT2D eigenvalue weighted by molar-refractivity contribution is -0.136. The van der Waals surface area contributed by atoms with Gasteiger partial charge in [0.1, 0.15) is 11.5 Å². The number of hydrogen-bond acceptors (Lipinski definition) is 4. The van der Waals surface area contributed by atoms with Crippen molar-refractivity contribution in [2.45, 2.75) is 71.9 Å². The van der Waals surface area contributed by atoms with E-state index in [-0.39, 0.29) is 41.6 Å². The lowest BCUT2D eigenvalue weighted by atomic mass is 9.71. The Hall–Kier alpha value is -3.26. The number of carboxylic acids is 1. The van der Waals surface area contributed by atoms with Crippen molar-refractivity contribution in [3.05, 3.63) is 70.0 Å².